The first-order valence-corrected chi connectivity index (χ1v) is 6.84. The van der Waals surface area contributed by atoms with E-state index in [1.165, 1.54) is 0 Å². The molecule has 1 fully saturated rings. The highest BCUT2D eigenvalue weighted by atomic mass is 16.5. The van der Waals surface area contributed by atoms with Crippen LogP contribution in [-0.4, -0.2) is 30.1 Å². The topological polar surface area (TPSA) is 77.2 Å². The van der Waals surface area contributed by atoms with Crippen molar-refractivity contribution in [1.29, 1.82) is 0 Å². The summed E-state index contributed by atoms with van der Waals surface area (Å²) in [5.74, 6) is 0.335. The van der Waals surface area contributed by atoms with E-state index in [2.05, 4.69) is 17.2 Å². The van der Waals surface area contributed by atoms with E-state index < -0.39 is 0 Å². The zero-order valence-corrected chi connectivity index (χ0v) is 11.3. The van der Waals surface area contributed by atoms with Crippen LogP contribution in [0.4, 0.5) is 5.82 Å². The number of nitrogens with zero attached hydrogens (tertiary/aromatic N) is 1. The van der Waals surface area contributed by atoms with Gasteiger partial charge in [-0.1, -0.05) is 13.3 Å². The molecular formula is C14H21N3O2. The van der Waals surface area contributed by atoms with Crippen molar-refractivity contribution >= 4 is 11.7 Å². The number of anilines is 1. The van der Waals surface area contributed by atoms with E-state index >= 15 is 0 Å². The minimum Gasteiger partial charge on any atom is -0.384 e. The highest BCUT2D eigenvalue weighted by Gasteiger charge is 2.17. The summed E-state index contributed by atoms with van der Waals surface area (Å²) in [6, 6.07) is 3.66. The van der Waals surface area contributed by atoms with Gasteiger partial charge in [0.1, 0.15) is 5.82 Å². The van der Waals surface area contributed by atoms with Gasteiger partial charge in [-0.25, -0.2) is 4.98 Å². The molecule has 1 aliphatic rings. The Morgan fingerprint density at radius 2 is 2.21 bits per heavy atom. The Morgan fingerprint density at radius 1 is 1.47 bits per heavy atom. The summed E-state index contributed by atoms with van der Waals surface area (Å²) in [5, 5.41) is 3.03. The molecule has 0 aliphatic carbocycles. The van der Waals surface area contributed by atoms with Crippen molar-refractivity contribution < 1.29 is 9.53 Å². The van der Waals surface area contributed by atoms with Gasteiger partial charge in [-0.2, -0.15) is 0 Å². The lowest BCUT2D eigenvalue weighted by molar-refractivity contribution is 0.0696. The molecule has 2 rings (SSSR count). The van der Waals surface area contributed by atoms with Crippen LogP contribution in [0.1, 0.15) is 42.2 Å². The normalized spacial score (nSPS) is 16.3. The number of carbonyl (C=O) groups excluding carboxylic acids is 1. The second kappa shape index (κ2) is 6.52. The molecule has 1 aliphatic heterocycles. The molecule has 1 amide bonds. The van der Waals surface area contributed by atoms with Gasteiger partial charge < -0.3 is 15.8 Å². The van der Waals surface area contributed by atoms with E-state index in [4.69, 9.17) is 10.5 Å². The second-order valence-electron chi connectivity index (χ2n) is 4.88. The third-order valence-electron chi connectivity index (χ3n) is 3.22. The maximum absolute atomic E-state index is 12.2. The van der Waals surface area contributed by atoms with Crippen molar-refractivity contribution in [3.63, 3.8) is 0 Å². The van der Waals surface area contributed by atoms with Crippen LogP contribution >= 0.6 is 0 Å². The van der Waals surface area contributed by atoms with Crippen LogP contribution in [0.25, 0.3) is 0 Å². The lowest BCUT2D eigenvalue weighted by Crippen LogP contribution is -2.39. The zero-order chi connectivity index (χ0) is 13.7. The number of nitrogens with one attached hydrogen (secondary N) is 1. The molecule has 0 saturated carbocycles. The Kier molecular flexibility index (Phi) is 4.74. The Balaban J connectivity index is 2.05. The van der Waals surface area contributed by atoms with Crippen LogP contribution in [0.3, 0.4) is 0 Å². The van der Waals surface area contributed by atoms with Crippen LogP contribution in [-0.2, 0) is 11.2 Å². The molecule has 0 unspecified atom stereocenters. The fourth-order valence-corrected chi connectivity index (χ4v) is 2.24. The molecule has 2 heterocycles. The van der Waals surface area contributed by atoms with Crippen LogP contribution in [0.2, 0.25) is 0 Å². The highest BCUT2D eigenvalue weighted by molar-refractivity contribution is 5.95. The number of carbonyl (C=O) groups is 1. The minimum absolute atomic E-state index is 0.0710. The average molecular weight is 263 g/mol. The summed E-state index contributed by atoms with van der Waals surface area (Å²) in [4.78, 5) is 16.4. The quantitative estimate of drug-likeness (QED) is 0.863. The molecule has 104 valence electrons. The number of nitrogens with two attached hydrogens (primary N) is 1. The lowest BCUT2D eigenvalue weighted by Gasteiger charge is -2.23. The molecule has 0 spiro atoms. The Morgan fingerprint density at radius 3 is 2.89 bits per heavy atom. The van der Waals surface area contributed by atoms with Gasteiger partial charge in [0.15, 0.2) is 0 Å². The monoisotopic (exact) mass is 263 g/mol. The fraction of sp³-hybridized carbons (Fsp3) is 0.571. The smallest absolute Gasteiger partial charge is 0.251 e. The van der Waals surface area contributed by atoms with E-state index in [0.717, 1.165) is 31.4 Å². The maximum Gasteiger partial charge on any atom is 0.251 e. The zero-order valence-electron chi connectivity index (χ0n) is 11.3. The van der Waals surface area contributed by atoms with Crippen molar-refractivity contribution in [1.82, 2.24) is 10.3 Å². The second-order valence-corrected chi connectivity index (χ2v) is 4.88. The summed E-state index contributed by atoms with van der Waals surface area (Å²) in [6.45, 7) is 3.50. The summed E-state index contributed by atoms with van der Waals surface area (Å²) in [7, 11) is 0. The largest absolute Gasteiger partial charge is 0.384 e. The van der Waals surface area contributed by atoms with Gasteiger partial charge in [-0.3, -0.25) is 4.79 Å². The number of ether oxygens (including phenoxy) is 1. The molecule has 5 heteroatoms. The molecule has 0 radical (unpaired) electrons. The number of amides is 1. The van der Waals surface area contributed by atoms with Gasteiger partial charge in [-0.05, 0) is 31.4 Å². The van der Waals surface area contributed by atoms with Crippen molar-refractivity contribution in [2.75, 3.05) is 18.9 Å². The molecule has 19 heavy (non-hydrogen) atoms. The molecule has 1 saturated heterocycles. The first-order chi connectivity index (χ1) is 9.19. The summed E-state index contributed by atoms with van der Waals surface area (Å²) in [5.41, 5.74) is 7.22. The van der Waals surface area contributed by atoms with Crippen LogP contribution < -0.4 is 11.1 Å². The number of rotatable bonds is 4. The Labute approximate surface area is 113 Å². The summed E-state index contributed by atoms with van der Waals surface area (Å²) >= 11 is 0. The third-order valence-corrected chi connectivity index (χ3v) is 3.22. The fourth-order valence-electron chi connectivity index (χ4n) is 2.24. The number of aromatic nitrogens is 1. The molecule has 3 N–H and O–H groups in total. The average Bonchev–Trinajstić information content (AvgIpc) is 2.39. The van der Waals surface area contributed by atoms with Crippen LogP contribution in [0.5, 0.6) is 0 Å². The van der Waals surface area contributed by atoms with Crippen molar-refractivity contribution in [3.05, 3.63) is 23.4 Å². The SMILES string of the molecule is CCCc1cc(C(=O)NC2CCOCC2)cc(N)n1. The van der Waals surface area contributed by atoms with Crippen molar-refractivity contribution in [2.45, 2.75) is 38.6 Å². The van der Waals surface area contributed by atoms with Gasteiger partial charge in [0, 0.05) is 30.5 Å². The van der Waals surface area contributed by atoms with E-state index in [0.29, 0.717) is 24.6 Å². The van der Waals surface area contributed by atoms with Crippen LogP contribution in [0, 0.1) is 0 Å². The van der Waals surface area contributed by atoms with Gasteiger partial charge in [0.2, 0.25) is 0 Å². The molecule has 5 nitrogen and oxygen atoms in total. The summed E-state index contributed by atoms with van der Waals surface area (Å²) in [6.07, 6.45) is 3.56. The molecular weight excluding hydrogens is 242 g/mol. The summed E-state index contributed by atoms with van der Waals surface area (Å²) < 4.78 is 5.28. The predicted molar refractivity (Wildman–Crippen MR) is 74.0 cm³/mol. The number of hydrogen-bond donors (Lipinski definition) is 2. The number of aryl methyl sites for hydroxylation is 1. The van der Waals surface area contributed by atoms with E-state index in [1.807, 2.05) is 6.07 Å². The van der Waals surface area contributed by atoms with Gasteiger partial charge in [0.05, 0.1) is 0 Å². The molecule has 1 aromatic heterocycles. The van der Waals surface area contributed by atoms with E-state index in [1.54, 1.807) is 6.07 Å². The number of nitrogen functional groups attached to an aromatic ring is 1. The predicted octanol–water partition coefficient (Wildman–Crippen LogP) is 1.53. The highest BCUT2D eigenvalue weighted by Crippen LogP contribution is 2.12. The van der Waals surface area contributed by atoms with Gasteiger partial charge in [-0.15, -0.1) is 0 Å². The van der Waals surface area contributed by atoms with Crippen molar-refractivity contribution in [2.24, 2.45) is 0 Å². The number of hydrogen-bond acceptors (Lipinski definition) is 4. The van der Waals surface area contributed by atoms with Crippen molar-refractivity contribution in [3.8, 4) is 0 Å². The maximum atomic E-state index is 12.2. The Hall–Kier alpha value is -1.62. The molecule has 0 atom stereocenters. The number of pyridine rings is 1. The standard InChI is InChI=1S/C14H21N3O2/c1-2-3-12-8-10(9-13(15)16-12)14(18)17-11-4-6-19-7-5-11/h8-9,11H,2-7H2,1H3,(H2,15,16)(H,17,18). The Bertz CT molecular complexity index is 442. The molecule has 0 bridgehead atoms. The van der Waals surface area contributed by atoms with Gasteiger partial charge >= 0.3 is 0 Å². The van der Waals surface area contributed by atoms with Gasteiger partial charge in [0.25, 0.3) is 5.91 Å². The first kappa shape index (κ1) is 13.8. The molecule has 0 aromatic carbocycles. The van der Waals surface area contributed by atoms with E-state index in [9.17, 15) is 4.79 Å². The third kappa shape index (κ3) is 3.92. The van der Waals surface area contributed by atoms with E-state index in [-0.39, 0.29) is 11.9 Å². The lowest BCUT2D eigenvalue weighted by atomic mass is 10.1. The van der Waals surface area contributed by atoms with Crippen LogP contribution in [0.15, 0.2) is 12.1 Å². The first-order valence-electron chi connectivity index (χ1n) is 6.84. The minimum atomic E-state index is -0.0710. The molecule has 1 aromatic rings.